The van der Waals surface area contributed by atoms with Gasteiger partial charge in [0.25, 0.3) is 0 Å². The summed E-state index contributed by atoms with van der Waals surface area (Å²) >= 11 is 1.71. The zero-order valence-corrected chi connectivity index (χ0v) is 13.4. The Hall–Kier alpha value is -1.40. The van der Waals surface area contributed by atoms with Crippen molar-refractivity contribution in [1.82, 2.24) is 15.6 Å². The molecule has 0 radical (unpaired) electrons. The second-order valence-electron chi connectivity index (χ2n) is 5.28. The highest BCUT2D eigenvalue weighted by Gasteiger charge is 2.19. The van der Waals surface area contributed by atoms with Crippen LogP contribution >= 0.6 is 11.3 Å². The summed E-state index contributed by atoms with van der Waals surface area (Å²) in [7, 11) is 0. The number of carbonyl (C=O) groups is 1. The summed E-state index contributed by atoms with van der Waals surface area (Å²) in [5, 5.41) is 15.9. The van der Waals surface area contributed by atoms with Crippen LogP contribution in [0.5, 0.6) is 0 Å². The molecule has 2 rings (SSSR count). The lowest BCUT2D eigenvalue weighted by atomic mass is 10.1. The fourth-order valence-corrected chi connectivity index (χ4v) is 3.46. The van der Waals surface area contributed by atoms with Gasteiger partial charge in [-0.15, -0.1) is 11.3 Å². The number of aromatic nitrogens is 1. The van der Waals surface area contributed by atoms with Crippen LogP contribution in [0.3, 0.4) is 0 Å². The second-order valence-corrected chi connectivity index (χ2v) is 6.57. The number of thiazole rings is 1. The molecule has 0 saturated carbocycles. The van der Waals surface area contributed by atoms with Crippen LogP contribution in [0.1, 0.15) is 28.9 Å². The van der Waals surface area contributed by atoms with Crippen molar-refractivity contribution in [2.24, 2.45) is 5.92 Å². The van der Waals surface area contributed by atoms with E-state index in [1.54, 1.807) is 11.3 Å². The molecule has 1 aliphatic carbocycles. The number of rotatable bonds is 6. The van der Waals surface area contributed by atoms with Gasteiger partial charge < -0.3 is 15.7 Å². The molecular formula is C15H23N3O2S. The minimum absolute atomic E-state index is 0.0240. The number of aliphatic hydroxyl groups is 1. The van der Waals surface area contributed by atoms with Crippen LogP contribution in [-0.4, -0.2) is 35.3 Å². The topological polar surface area (TPSA) is 74.2 Å². The van der Waals surface area contributed by atoms with E-state index in [4.69, 9.17) is 5.11 Å². The molecule has 3 N–H and O–H groups in total. The lowest BCUT2D eigenvalue weighted by Gasteiger charge is -2.13. The molecular weight excluding hydrogens is 286 g/mol. The Morgan fingerprint density at radius 1 is 1.52 bits per heavy atom. The Labute approximate surface area is 129 Å². The molecule has 0 fully saturated rings. The summed E-state index contributed by atoms with van der Waals surface area (Å²) in [4.78, 5) is 17.6. The molecule has 0 spiro atoms. The van der Waals surface area contributed by atoms with Crippen LogP contribution < -0.4 is 10.6 Å². The Bertz CT molecular complexity index is 513. The third-order valence-electron chi connectivity index (χ3n) is 3.62. The van der Waals surface area contributed by atoms with Gasteiger partial charge in [0.15, 0.2) is 0 Å². The molecule has 0 unspecified atom stereocenters. The quantitative estimate of drug-likeness (QED) is 0.701. The lowest BCUT2D eigenvalue weighted by Crippen LogP contribution is -2.41. The zero-order chi connectivity index (χ0) is 15.2. The molecule has 6 heteroatoms. The maximum absolute atomic E-state index is 11.8. The number of hydrogen-bond acceptors (Lipinski definition) is 4. The van der Waals surface area contributed by atoms with Gasteiger partial charge in [-0.05, 0) is 19.8 Å². The highest BCUT2D eigenvalue weighted by molar-refractivity contribution is 7.11. The van der Waals surface area contributed by atoms with E-state index >= 15 is 0 Å². The summed E-state index contributed by atoms with van der Waals surface area (Å²) in [5.41, 5.74) is 1.16. The molecule has 0 saturated heterocycles. The van der Waals surface area contributed by atoms with Crippen molar-refractivity contribution >= 4 is 17.4 Å². The number of hydrogen-bond donors (Lipinski definition) is 3. The highest BCUT2D eigenvalue weighted by Crippen LogP contribution is 2.18. The SMILES string of the molecule is CCc1nc(CCNC(=O)N[C@@H]2C=C[C@H](CO)C2)sc1C. The first-order chi connectivity index (χ1) is 10.1. The first kappa shape index (κ1) is 16.0. The molecule has 1 aliphatic rings. The molecule has 0 aromatic carbocycles. The predicted molar refractivity (Wildman–Crippen MR) is 84.6 cm³/mol. The molecule has 1 aromatic heterocycles. The minimum Gasteiger partial charge on any atom is -0.396 e. The summed E-state index contributed by atoms with van der Waals surface area (Å²) < 4.78 is 0. The Morgan fingerprint density at radius 2 is 2.33 bits per heavy atom. The number of carbonyl (C=O) groups excluding carboxylic acids is 1. The van der Waals surface area contributed by atoms with E-state index in [9.17, 15) is 4.79 Å². The van der Waals surface area contributed by atoms with Crippen LogP contribution in [0.15, 0.2) is 12.2 Å². The summed E-state index contributed by atoms with van der Waals surface area (Å²) in [6.07, 6.45) is 6.39. The first-order valence-corrected chi connectivity index (χ1v) is 8.22. The van der Waals surface area contributed by atoms with Gasteiger partial charge in [-0.2, -0.15) is 0 Å². The van der Waals surface area contributed by atoms with Gasteiger partial charge in [0.05, 0.1) is 10.7 Å². The number of aliphatic hydroxyl groups excluding tert-OH is 1. The maximum atomic E-state index is 11.8. The number of nitrogens with zero attached hydrogens (tertiary/aromatic N) is 1. The van der Waals surface area contributed by atoms with Crippen molar-refractivity contribution in [2.75, 3.05) is 13.2 Å². The van der Waals surface area contributed by atoms with E-state index in [1.165, 1.54) is 4.88 Å². The van der Waals surface area contributed by atoms with E-state index in [0.717, 1.165) is 30.0 Å². The first-order valence-electron chi connectivity index (χ1n) is 7.41. The molecule has 21 heavy (non-hydrogen) atoms. The molecule has 1 aromatic rings. The summed E-state index contributed by atoms with van der Waals surface area (Å²) in [5.74, 6) is 0.168. The van der Waals surface area contributed by atoms with Gasteiger partial charge in [-0.25, -0.2) is 9.78 Å². The largest absolute Gasteiger partial charge is 0.396 e. The normalized spacial score (nSPS) is 20.7. The van der Waals surface area contributed by atoms with Gasteiger partial charge >= 0.3 is 6.03 Å². The van der Waals surface area contributed by atoms with Crippen LogP contribution in [0.2, 0.25) is 0 Å². The Morgan fingerprint density at radius 3 is 2.95 bits per heavy atom. The average molecular weight is 309 g/mol. The summed E-state index contributed by atoms with van der Waals surface area (Å²) in [6, 6.07) is -0.136. The summed E-state index contributed by atoms with van der Waals surface area (Å²) in [6.45, 7) is 4.91. The zero-order valence-electron chi connectivity index (χ0n) is 12.6. The van der Waals surface area contributed by atoms with Crippen LogP contribution in [0.4, 0.5) is 4.79 Å². The van der Waals surface area contributed by atoms with Gasteiger partial charge in [0, 0.05) is 36.4 Å². The van der Waals surface area contributed by atoms with E-state index in [0.29, 0.717) is 6.54 Å². The third kappa shape index (κ3) is 4.54. The number of amides is 2. The van der Waals surface area contributed by atoms with Crippen LogP contribution in [-0.2, 0) is 12.8 Å². The second kappa shape index (κ2) is 7.56. The molecule has 2 amide bonds. The van der Waals surface area contributed by atoms with Gasteiger partial charge in [-0.1, -0.05) is 19.1 Å². The van der Waals surface area contributed by atoms with E-state index in [1.807, 2.05) is 12.2 Å². The molecule has 0 aliphatic heterocycles. The Balaban J connectivity index is 1.68. The molecule has 116 valence electrons. The van der Waals surface area contributed by atoms with Crippen molar-refractivity contribution in [1.29, 1.82) is 0 Å². The minimum atomic E-state index is -0.160. The molecule has 1 heterocycles. The van der Waals surface area contributed by atoms with Gasteiger partial charge in [-0.3, -0.25) is 0 Å². The average Bonchev–Trinajstić information content (AvgIpc) is 3.05. The van der Waals surface area contributed by atoms with E-state index in [-0.39, 0.29) is 24.6 Å². The molecule has 5 nitrogen and oxygen atoms in total. The fourth-order valence-electron chi connectivity index (χ4n) is 2.44. The van der Waals surface area contributed by atoms with Crippen LogP contribution in [0.25, 0.3) is 0 Å². The molecule has 0 bridgehead atoms. The predicted octanol–water partition coefficient (Wildman–Crippen LogP) is 1.79. The maximum Gasteiger partial charge on any atom is 0.315 e. The standard InChI is InChI=1S/C15H23N3O2S/c1-3-13-10(2)21-14(18-13)6-7-16-15(20)17-12-5-4-11(8-12)9-19/h4-5,11-12,19H,3,6-9H2,1-2H3,(H2,16,17,20)/t11-,12+/m0/s1. The number of urea groups is 1. The highest BCUT2D eigenvalue weighted by atomic mass is 32.1. The molecule has 2 atom stereocenters. The fraction of sp³-hybridized carbons (Fsp3) is 0.600. The van der Waals surface area contributed by atoms with Crippen LogP contribution in [0, 0.1) is 12.8 Å². The van der Waals surface area contributed by atoms with E-state index in [2.05, 4.69) is 29.5 Å². The van der Waals surface area contributed by atoms with Crippen molar-refractivity contribution in [2.45, 2.75) is 39.2 Å². The Kier molecular flexibility index (Phi) is 5.76. The van der Waals surface area contributed by atoms with Gasteiger partial charge in [0.2, 0.25) is 0 Å². The van der Waals surface area contributed by atoms with Gasteiger partial charge in [0.1, 0.15) is 0 Å². The van der Waals surface area contributed by atoms with Crippen molar-refractivity contribution in [3.8, 4) is 0 Å². The van der Waals surface area contributed by atoms with E-state index < -0.39 is 0 Å². The third-order valence-corrected chi connectivity index (χ3v) is 4.69. The number of aryl methyl sites for hydroxylation is 2. The van der Waals surface area contributed by atoms with Crippen molar-refractivity contribution in [3.05, 3.63) is 27.7 Å². The smallest absolute Gasteiger partial charge is 0.315 e. The van der Waals surface area contributed by atoms with Crippen molar-refractivity contribution in [3.63, 3.8) is 0 Å². The monoisotopic (exact) mass is 309 g/mol. The lowest BCUT2D eigenvalue weighted by molar-refractivity contribution is 0.231. The van der Waals surface area contributed by atoms with Crippen molar-refractivity contribution < 1.29 is 9.90 Å². The number of nitrogens with one attached hydrogen (secondary N) is 2.